The van der Waals surface area contributed by atoms with Gasteiger partial charge in [-0.3, -0.25) is 0 Å². The molecular formula is C24H34. The quantitative estimate of drug-likeness (QED) is 0.368. The molecule has 0 heteroatoms. The zero-order chi connectivity index (χ0) is 17.0. The number of benzene rings is 2. The average Bonchev–Trinajstić information content (AvgIpc) is 2.61. The maximum Gasteiger partial charge on any atom is -0.0178 e. The first-order valence-corrected chi connectivity index (χ1v) is 10.0. The Bertz CT molecular complexity index is 621. The summed E-state index contributed by atoms with van der Waals surface area (Å²) in [5.74, 6) is 0. The highest BCUT2D eigenvalue weighted by Gasteiger charge is 2.03. The van der Waals surface area contributed by atoms with E-state index in [0.29, 0.717) is 0 Å². The lowest BCUT2D eigenvalue weighted by atomic mass is 9.96. The van der Waals surface area contributed by atoms with E-state index in [1.54, 1.807) is 0 Å². The molecule has 0 fully saturated rings. The Morgan fingerprint density at radius 3 is 2.17 bits per heavy atom. The molecule has 0 radical (unpaired) electrons. The Labute approximate surface area is 149 Å². The van der Waals surface area contributed by atoms with Gasteiger partial charge in [-0.15, -0.1) is 0 Å². The van der Waals surface area contributed by atoms with E-state index in [2.05, 4.69) is 62.4 Å². The van der Waals surface area contributed by atoms with Gasteiger partial charge in [0.2, 0.25) is 0 Å². The molecule has 0 amide bonds. The van der Waals surface area contributed by atoms with Crippen molar-refractivity contribution >= 4 is 16.8 Å². The summed E-state index contributed by atoms with van der Waals surface area (Å²) in [6.07, 6.45) is 17.9. The van der Waals surface area contributed by atoms with E-state index in [1.165, 1.54) is 86.1 Å². The van der Waals surface area contributed by atoms with Crippen molar-refractivity contribution < 1.29 is 0 Å². The minimum absolute atomic E-state index is 1.20. The summed E-state index contributed by atoms with van der Waals surface area (Å²) in [6, 6.07) is 13.6. The molecule has 0 aromatic heterocycles. The fraction of sp³-hybridized carbons (Fsp3) is 0.500. The smallest absolute Gasteiger partial charge is 0.0178 e. The summed E-state index contributed by atoms with van der Waals surface area (Å²) in [5.41, 5.74) is 2.96. The van der Waals surface area contributed by atoms with Crippen molar-refractivity contribution in [3.05, 3.63) is 53.6 Å². The van der Waals surface area contributed by atoms with Crippen LogP contribution in [0.5, 0.6) is 0 Å². The predicted octanol–water partition coefficient (Wildman–Crippen LogP) is 7.95. The van der Waals surface area contributed by atoms with E-state index in [1.807, 2.05) is 0 Å². The maximum absolute atomic E-state index is 2.42. The number of rotatable bonds is 11. The van der Waals surface area contributed by atoms with Crippen molar-refractivity contribution in [2.24, 2.45) is 0 Å². The predicted molar refractivity (Wildman–Crippen MR) is 110 cm³/mol. The molecule has 0 bridgehead atoms. The topological polar surface area (TPSA) is 0 Å². The van der Waals surface area contributed by atoms with E-state index < -0.39 is 0 Å². The van der Waals surface area contributed by atoms with Gasteiger partial charge in [-0.2, -0.15) is 0 Å². The SMILES string of the molecule is CCCCC/C=C/c1cc2ccccc2cc1CCCCCCC. The van der Waals surface area contributed by atoms with Crippen LogP contribution in [0.25, 0.3) is 16.8 Å². The summed E-state index contributed by atoms with van der Waals surface area (Å²) < 4.78 is 0. The maximum atomic E-state index is 2.42. The van der Waals surface area contributed by atoms with Gasteiger partial charge in [0.05, 0.1) is 0 Å². The average molecular weight is 323 g/mol. The van der Waals surface area contributed by atoms with Gasteiger partial charge < -0.3 is 0 Å². The Balaban J connectivity index is 2.07. The zero-order valence-corrected chi connectivity index (χ0v) is 15.7. The Kier molecular flexibility index (Phi) is 8.66. The molecule has 0 heterocycles. The second-order valence-electron chi connectivity index (χ2n) is 6.96. The van der Waals surface area contributed by atoms with Crippen molar-refractivity contribution in [3.63, 3.8) is 0 Å². The third-order valence-electron chi connectivity index (χ3n) is 4.83. The van der Waals surface area contributed by atoms with E-state index in [9.17, 15) is 0 Å². The standard InChI is InChI=1S/C24H34/c1-3-5-7-9-11-15-21-19-23-17-13-14-18-24(23)20-22(21)16-12-10-8-6-4-2/h11,13-15,17-20H,3-10,12,16H2,1-2H3/b15-11+. The molecule has 130 valence electrons. The highest BCUT2D eigenvalue weighted by atomic mass is 14.1. The third-order valence-corrected chi connectivity index (χ3v) is 4.83. The monoisotopic (exact) mass is 322 g/mol. The first-order chi connectivity index (χ1) is 11.8. The molecule has 0 atom stereocenters. The molecule has 0 saturated heterocycles. The zero-order valence-electron chi connectivity index (χ0n) is 15.7. The van der Waals surface area contributed by atoms with Crippen molar-refractivity contribution in [1.29, 1.82) is 0 Å². The number of hydrogen-bond donors (Lipinski definition) is 0. The summed E-state index contributed by atoms with van der Waals surface area (Å²) in [7, 11) is 0. The van der Waals surface area contributed by atoms with Gasteiger partial charge in [-0.1, -0.05) is 94.9 Å². The second kappa shape index (κ2) is 11.1. The number of hydrogen-bond acceptors (Lipinski definition) is 0. The lowest BCUT2D eigenvalue weighted by molar-refractivity contribution is 0.632. The minimum atomic E-state index is 1.20. The third kappa shape index (κ3) is 6.15. The van der Waals surface area contributed by atoms with Gasteiger partial charge in [0.15, 0.2) is 0 Å². The molecule has 0 aliphatic carbocycles. The van der Waals surface area contributed by atoms with E-state index in [4.69, 9.17) is 0 Å². The molecule has 2 aromatic carbocycles. The van der Waals surface area contributed by atoms with E-state index in [0.717, 1.165) is 0 Å². The highest BCUT2D eigenvalue weighted by Crippen LogP contribution is 2.23. The van der Waals surface area contributed by atoms with Crippen molar-refractivity contribution in [2.75, 3.05) is 0 Å². The van der Waals surface area contributed by atoms with Crippen LogP contribution in [0.1, 0.15) is 82.8 Å². The highest BCUT2D eigenvalue weighted by molar-refractivity contribution is 5.86. The summed E-state index contributed by atoms with van der Waals surface area (Å²) >= 11 is 0. The van der Waals surface area contributed by atoms with Crippen LogP contribution in [0.2, 0.25) is 0 Å². The fourth-order valence-corrected chi connectivity index (χ4v) is 3.32. The molecule has 2 aromatic rings. The van der Waals surface area contributed by atoms with Crippen molar-refractivity contribution in [1.82, 2.24) is 0 Å². The van der Waals surface area contributed by atoms with Gasteiger partial charge in [0, 0.05) is 0 Å². The lowest BCUT2D eigenvalue weighted by Crippen LogP contribution is -1.91. The largest absolute Gasteiger partial charge is 0.0839 e. The Morgan fingerprint density at radius 2 is 1.42 bits per heavy atom. The van der Waals surface area contributed by atoms with Crippen LogP contribution in [0.3, 0.4) is 0 Å². The Hall–Kier alpha value is -1.56. The Morgan fingerprint density at radius 1 is 0.750 bits per heavy atom. The van der Waals surface area contributed by atoms with Crippen LogP contribution in [-0.2, 0) is 6.42 Å². The molecule has 0 N–H and O–H groups in total. The van der Waals surface area contributed by atoms with Gasteiger partial charge in [0.25, 0.3) is 0 Å². The molecule has 0 aliphatic heterocycles. The van der Waals surface area contributed by atoms with Crippen molar-refractivity contribution in [2.45, 2.75) is 78.1 Å². The van der Waals surface area contributed by atoms with Crippen LogP contribution >= 0.6 is 0 Å². The van der Waals surface area contributed by atoms with Crippen molar-refractivity contribution in [3.8, 4) is 0 Å². The normalized spacial score (nSPS) is 11.6. The summed E-state index contributed by atoms with van der Waals surface area (Å²) in [4.78, 5) is 0. The summed E-state index contributed by atoms with van der Waals surface area (Å²) in [6.45, 7) is 4.55. The van der Waals surface area contributed by atoms with E-state index >= 15 is 0 Å². The molecule has 0 unspecified atom stereocenters. The molecule has 0 aliphatic rings. The summed E-state index contributed by atoms with van der Waals surface area (Å²) in [5, 5.41) is 2.74. The molecule has 0 spiro atoms. The first kappa shape index (κ1) is 18.8. The molecular weight excluding hydrogens is 288 g/mol. The van der Waals surface area contributed by atoms with Gasteiger partial charge >= 0.3 is 0 Å². The molecule has 0 nitrogen and oxygen atoms in total. The van der Waals surface area contributed by atoms with Crippen LogP contribution in [0, 0.1) is 0 Å². The van der Waals surface area contributed by atoms with Crippen LogP contribution in [0.4, 0.5) is 0 Å². The minimum Gasteiger partial charge on any atom is -0.0839 e. The number of unbranched alkanes of at least 4 members (excludes halogenated alkanes) is 7. The first-order valence-electron chi connectivity index (χ1n) is 10.0. The lowest BCUT2D eigenvalue weighted by Gasteiger charge is -2.09. The number of aryl methyl sites for hydroxylation is 1. The molecule has 0 saturated carbocycles. The van der Waals surface area contributed by atoms with Crippen LogP contribution in [0.15, 0.2) is 42.5 Å². The number of allylic oxidation sites excluding steroid dienone is 1. The van der Waals surface area contributed by atoms with E-state index in [-0.39, 0.29) is 0 Å². The van der Waals surface area contributed by atoms with Crippen LogP contribution in [-0.4, -0.2) is 0 Å². The van der Waals surface area contributed by atoms with Crippen LogP contribution < -0.4 is 0 Å². The second-order valence-corrected chi connectivity index (χ2v) is 6.96. The fourth-order valence-electron chi connectivity index (χ4n) is 3.32. The van der Waals surface area contributed by atoms with Gasteiger partial charge in [-0.25, -0.2) is 0 Å². The molecule has 24 heavy (non-hydrogen) atoms. The molecule has 2 rings (SSSR count). The number of fused-ring (bicyclic) bond motifs is 1. The van der Waals surface area contributed by atoms with Gasteiger partial charge in [-0.05, 0) is 53.6 Å². The van der Waals surface area contributed by atoms with Gasteiger partial charge in [0.1, 0.15) is 0 Å².